The lowest BCUT2D eigenvalue weighted by molar-refractivity contribution is 0.169. The minimum atomic E-state index is -0.456. The molecule has 4 heteroatoms. The van der Waals surface area contributed by atoms with Gasteiger partial charge in [-0.05, 0) is 25.0 Å². The lowest BCUT2D eigenvalue weighted by Crippen LogP contribution is -2.20. The third kappa shape index (κ3) is 4.32. The molecule has 0 aliphatic carbocycles. The van der Waals surface area contributed by atoms with Crippen LogP contribution in [0.4, 0.5) is 5.69 Å². The first-order valence-electron chi connectivity index (χ1n) is 6.03. The van der Waals surface area contributed by atoms with Gasteiger partial charge in [0, 0.05) is 27.3 Å². The molecular weight excluding hydrogens is 216 g/mol. The van der Waals surface area contributed by atoms with Crippen LogP contribution in [0.15, 0.2) is 18.3 Å². The van der Waals surface area contributed by atoms with Crippen molar-refractivity contribution < 1.29 is 9.84 Å². The van der Waals surface area contributed by atoms with Gasteiger partial charge in [0.05, 0.1) is 23.7 Å². The van der Waals surface area contributed by atoms with Crippen molar-refractivity contribution in [1.29, 1.82) is 0 Å². The van der Waals surface area contributed by atoms with E-state index in [1.807, 2.05) is 26.1 Å². The Hall–Kier alpha value is -1.13. The van der Waals surface area contributed by atoms with E-state index in [-0.39, 0.29) is 0 Å². The summed E-state index contributed by atoms with van der Waals surface area (Å²) < 4.78 is 5.02. The smallest absolute Gasteiger partial charge is 0.0957 e. The van der Waals surface area contributed by atoms with Crippen molar-refractivity contribution in [2.75, 3.05) is 32.2 Å². The van der Waals surface area contributed by atoms with Crippen LogP contribution in [0, 0.1) is 0 Å². The Balaban J connectivity index is 2.54. The van der Waals surface area contributed by atoms with Gasteiger partial charge in [-0.15, -0.1) is 0 Å². The number of aliphatic hydroxyl groups excluding tert-OH is 1. The Morgan fingerprint density at radius 2 is 2.24 bits per heavy atom. The van der Waals surface area contributed by atoms with Gasteiger partial charge in [-0.3, -0.25) is 4.98 Å². The molecule has 1 atom stereocenters. The average Bonchev–Trinajstić information content (AvgIpc) is 2.38. The monoisotopic (exact) mass is 238 g/mol. The Labute approximate surface area is 103 Å². The highest BCUT2D eigenvalue weighted by Crippen LogP contribution is 2.17. The van der Waals surface area contributed by atoms with Gasteiger partial charge in [0.15, 0.2) is 0 Å². The van der Waals surface area contributed by atoms with E-state index in [9.17, 15) is 5.11 Å². The van der Waals surface area contributed by atoms with E-state index in [0.29, 0.717) is 6.42 Å². The summed E-state index contributed by atoms with van der Waals surface area (Å²) in [4.78, 5) is 6.41. The van der Waals surface area contributed by atoms with Gasteiger partial charge >= 0.3 is 0 Å². The zero-order chi connectivity index (χ0) is 12.7. The fourth-order valence-electron chi connectivity index (χ4n) is 1.60. The second kappa shape index (κ2) is 7.25. The molecule has 0 aliphatic heterocycles. The second-order valence-electron chi connectivity index (χ2n) is 4.13. The highest BCUT2D eigenvalue weighted by atomic mass is 16.5. The quantitative estimate of drug-likeness (QED) is 0.738. The van der Waals surface area contributed by atoms with Gasteiger partial charge in [0.2, 0.25) is 0 Å². The number of anilines is 1. The molecule has 0 bridgehead atoms. The predicted octanol–water partition coefficient (Wildman–Crippen LogP) is 2.00. The van der Waals surface area contributed by atoms with Crippen LogP contribution in [0.5, 0.6) is 0 Å². The van der Waals surface area contributed by atoms with Crippen molar-refractivity contribution >= 4 is 5.69 Å². The van der Waals surface area contributed by atoms with Gasteiger partial charge in [-0.25, -0.2) is 0 Å². The Kier molecular flexibility index (Phi) is 5.94. The third-order valence-corrected chi connectivity index (χ3v) is 2.78. The first-order valence-corrected chi connectivity index (χ1v) is 6.03. The van der Waals surface area contributed by atoms with E-state index in [1.165, 1.54) is 0 Å². The fourth-order valence-corrected chi connectivity index (χ4v) is 1.60. The van der Waals surface area contributed by atoms with E-state index in [1.54, 1.807) is 13.3 Å². The molecule has 0 spiro atoms. The van der Waals surface area contributed by atoms with Crippen LogP contribution in [-0.4, -0.2) is 37.4 Å². The van der Waals surface area contributed by atoms with E-state index in [4.69, 9.17) is 4.74 Å². The molecule has 0 saturated carbocycles. The van der Waals surface area contributed by atoms with Crippen LogP contribution < -0.4 is 4.90 Å². The minimum Gasteiger partial charge on any atom is -0.387 e. The number of nitrogens with zero attached hydrogens (tertiary/aromatic N) is 2. The molecule has 96 valence electrons. The molecule has 0 fully saturated rings. The maximum Gasteiger partial charge on any atom is 0.0957 e. The van der Waals surface area contributed by atoms with Gasteiger partial charge in [0.25, 0.3) is 0 Å². The Morgan fingerprint density at radius 3 is 2.76 bits per heavy atom. The summed E-state index contributed by atoms with van der Waals surface area (Å²) in [5.41, 5.74) is 1.80. The summed E-state index contributed by atoms with van der Waals surface area (Å²) in [7, 11) is 3.74. The van der Waals surface area contributed by atoms with E-state index >= 15 is 0 Å². The molecule has 0 aromatic carbocycles. The second-order valence-corrected chi connectivity index (χ2v) is 4.13. The molecule has 0 amide bonds. The highest BCUT2D eigenvalue weighted by molar-refractivity contribution is 5.43. The lowest BCUT2D eigenvalue weighted by Gasteiger charge is -2.19. The molecule has 1 unspecified atom stereocenters. The first-order chi connectivity index (χ1) is 8.19. The summed E-state index contributed by atoms with van der Waals surface area (Å²) in [6.07, 6.45) is 3.03. The summed E-state index contributed by atoms with van der Waals surface area (Å²) in [6.45, 7) is 3.65. The van der Waals surface area contributed by atoms with Crippen LogP contribution >= 0.6 is 0 Å². The van der Waals surface area contributed by atoms with Crippen molar-refractivity contribution in [2.24, 2.45) is 0 Å². The highest BCUT2D eigenvalue weighted by Gasteiger charge is 2.07. The molecule has 0 radical (unpaired) electrons. The molecule has 0 aliphatic rings. The zero-order valence-electron chi connectivity index (χ0n) is 10.9. The molecule has 1 aromatic heterocycles. The van der Waals surface area contributed by atoms with Gasteiger partial charge in [-0.1, -0.05) is 6.92 Å². The summed E-state index contributed by atoms with van der Waals surface area (Å²) in [5, 5.41) is 9.64. The standard InChI is InChI=1S/C13H22N2O2/c1-4-13(16)12-7-6-11(10-14-12)15(2)8-5-9-17-3/h6-7,10,13,16H,4-5,8-9H2,1-3H3. The molecule has 1 aromatic rings. The molecule has 17 heavy (non-hydrogen) atoms. The summed E-state index contributed by atoms with van der Waals surface area (Å²) in [6, 6.07) is 3.88. The molecule has 1 rings (SSSR count). The normalized spacial score (nSPS) is 12.5. The Bertz CT molecular complexity index is 314. The van der Waals surface area contributed by atoms with Crippen LogP contribution in [-0.2, 0) is 4.74 Å². The van der Waals surface area contributed by atoms with Crippen molar-refractivity contribution in [2.45, 2.75) is 25.9 Å². The number of methoxy groups -OCH3 is 1. The number of pyridine rings is 1. The molecule has 0 saturated heterocycles. The van der Waals surface area contributed by atoms with Crippen LogP contribution in [0.2, 0.25) is 0 Å². The molecule has 1 N–H and O–H groups in total. The van der Waals surface area contributed by atoms with Crippen LogP contribution in [0.25, 0.3) is 0 Å². The fraction of sp³-hybridized carbons (Fsp3) is 0.615. The zero-order valence-corrected chi connectivity index (χ0v) is 10.9. The lowest BCUT2D eigenvalue weighted by atomic mass is 10.2. The van der Waals surface area contributed by atoms with Gasteiger partial charge in [0.1, 0.15) is 0 Å². The number of hydrogen-bond donors (Lipinski definition) is 1. The van der Waals surface area contributed by atoms with E-state index in [2.05, 4.69) is 9.88 Å². The SMILES string of the molecule is CCC(O)c1ccc(N(C)CCCOC)cn1. The van der Waals surface area contributed by atoms with Crippen LogP contribution in [0.1, 0.15) is 31.6 Å². The minimum absolute atomic E-state index is 0.456. The van der Waals surface area contributed by atoms with Crippen molar-refractivity contribution in [3.8, 4) is 0 Å². The summed E-state index contributed by atoms with van der Waals surface area (Å²) >= 11 is 0. The van der Waals surface area contributed by atoms with Gasteiger partial charge in [-0.2, -0.15) is 0 Å². The Morgan fingerprint density at radius 1 is 1.47 bits per heavy atom. The van der Waals surface area contributed by atoms with Crippen molar-refractivity contribution in [1.82, 2.24) is 4.98 Å². The first kappa shape index (κ1) is 13.9. The number of aliphatic hydroxyl groups is 1. The summed E-state index contributed by atoms with van der Waals surface area (Å²) in [5.74, 6) is 0. The maximum atomic E-state index is 9.64. The van der Waals surface area contributed by atoms with Crippen molar-refractivity contribution in [3.63, 3.8) is 0 Å². The van der Waals surface area contributed by atoms with Gasteiger partial charge < -0.3 is 14.7 Å². The number of ether oxygens (including phenoxy) is 1. The number of rotatable bonds is 7. The molecule has 4 nitrogen and oxygen atoms in total. The predicted molar refractivity (Wildman–Crippen MR) is 69.3 cm³/mol. The maximum absolute atomic E-state index is 9.64. The topological polar surface area (TPSA) is 45.6 Å². The number of aromatic nitrogens is 1. The van der Waals surface area contributed by atoms with Crippen LogP contribution in [0.3, 0.4) is 0 Å². The molecule has 1 heterocycles. The molecular formula is C13H22N2O2. The number of hydrogen-bond acceptors (Lipinski definition) is 4. The largest absolute Gasteiger partial charge is 0.387 e. The van der Waals surface area contributed by atoms with Crippen molar-refractivity contribution in [3.05, 3.63) is 24.0 Å². The third-order valence-electron chi connectivity index (χ3n) is 2.78. The van der Waals surface area contributed by atoms with E-state index in [0.717, 1.165) is 31.0 Å². The van der Waals surface area contributed by atoms with E-state index < -0.39 is 6.10 Å². The average molecular weight is 238 g/mol.